The molecule has 5 nitrogen and oxygen atoms in total. The fourth-order valence-corrected chi connectivity index (χ4v) is 4.39. The Hall–Kier alpha value is -2.94. The number of hydrogen-bond acceptors (Lipinski definition) is 5. The average Bonchev–Trinajstić information content (AvgIpc) is 2.99. The molecule has 2 atom stereocenters. The molecule has 0 bridgehead atoms. The van der Waals surface area contributed by atoms with E-state index < -0.39 is 24.0 Å². The first-order valence-corrected chi connectivity index (χ1v) is 10.9. The van der Waals surface area contributed by atoms with Crippen LogP contribution in [0.4, 0.5) is 29.1 Å². The van der Waals surface area contributed by atoms with Crippen molar-refractivity contribution >= 4 is 22.3 Å². The third-order valence-electron chi connectivity index (χ3n) is 6.16. The monoisotopic (exact) mass is 461 g/mol. The van der Waals surface area contributed by atoms with E-state index in [0.29, 0.717) is 37.6 Å². The van der Waals surface area contributed by atoms with Gasteiger partial charge in [0.2, 0.25) is 0 Å². The molecular formula is C24H27F4N5. The molecule has 33 heavy (non-hydrogen) atoms. The highest BCUT2D eigenvalue weighted by Crippen LogP contribution is 2.36. The van der Waals surface area contributed by atoms with E-state index in [0.717, 1.165) is 28.2 Å². The van der Waals surface area contributed by atoms with Gasteiger partial charge in [-0.05, 0) is 50.1 Å². The third kappa shape index (κ3) is 4.88. The standard InChI is InChI=1S/C24H27F4N5/c1-14-19(5-4-6-22(14)24(26,27)28)15(2)30-23-21-11-18(7-8-20(21)16(3)31-32-23)33-10-9-29-12-17(25)13-33/h4-8,11,15,17,29H,9-10,12-13H2,1-3H3,(H,30,32)/t15?,17-/m0/s1. The maximum absolute atomic E-state index is 14.1. The van der Waals surface area contributed by atoms with Crippen molar-refractivity contribution in [1.29, 1.82) is 0 Å². The van der Waals surface area contributed by atoms with Crippen LogP contribution in [0.1, 0.15) is 35.3 Å². The molecule has 176 valence electrons. The predicted molar refractivity (Wildman–Crippen MR) is 122 cm³/mol. The van der Waals surface area contributed by atoms with Crippen molar-refractivity contribution in [3.63, 3.8) is 0 Å². The van der Waals surface area contributed by atoms with Gasteiger partial charge in [0.05, 0.1) is 23.8 Å². The van der Waals surface area contributed by atoms with Crippen molar-refractivity contribution in [2.24, 2.45) is 0 Å². The van der Waals surface area contributed by atoms with E-state index in [2.05, 4.69) is 20.8 Å². The summed E-state index contributed by atoms with van der Waals surface area (Å²) in [7, 11) is 0. The Morgan fingerprint density at radius 1 is 1.12 bits per heavy atom. The molecule has 0 aliphatic carbocycles. The highest BCUT2D eigenvalue weighted by atomic mass is 19.4. The van der Waals surface area contributed by atoms with Crippen LogP contribution in [-0.2, 0) is 6.18 Å². The first kappa shape index (κ1) is 23.2. The van der Waals surface area contributed by atoms with Gasteiger partial charge in [-0.1, -0.05) is 18.2 Å². The van der Waals surface area contributed by atoms with Crippen LogP contribution in [0.3, 0.4) is 0 Å². The van der Waals surface area contributed by atoms with Gasteiger partial charge >= 0.3 is 6.18 Å². The molecule has 1 aromatic heterocycles. The fraction of sp³-hybridized carbons (Fsp3) is 0.417. The summed E-state index contributed by atoms with van der Waals surface area (Å²) in [5.74, 6) is 0.478. The van der Waals surface area contributed by atoms with Crippen molar-refractivity contribution in [1.82, 2.24) is 15.5 Å². The number of anilines is 2. The van der Waals surface area contributed by atoms with Gasteiger partial charge in [-0.15, -0.1) is 5.10 Å². The van der Waals surface area contributed by atoms with Gasteiger partial charge in [-0.2, -0.15) is 18.3 Å². The topological polar surface area (TPSA) is 53.1 Å². The molecule has 1 aliphatic rings. The minimum absolute atomic E-state index is 0.182. The van der Waals surface area contributed by atoms with E-state index in [1.807, 2.05) is 30.0 Å². The van der Waals surface area contributed by atoms with Crippen molar-refractivity contribution < 1.29 is 17.6 Å². The number of halogens is 4. The summed E-state index contributed by atoms with van der Waals surface area (Å²) in [6.45, 7) is 7.11. The van der Waals surface area contributed by atoms with Crippen LogP contribution < -0.4 is 15.5 Å². The lowest BCUT2D eigenvalue weighted by molar-refractivity contribution is -0.138. The van der Waals surface area contributed by atoms with Gasteiger partial charge in [0.25, 0.3) is 0 Å². The number of aryl methyl sites for hydroxylation is 1. The number of nitrogens with zero attached hydrogens (tertiary/aromatic N) is 3. The first-order chi connectivity index (χ1) is 15.6. The Kier molecular flexibility index (Phi) is 6.43. The van der Waals surface area contributed by atoms with Crippen LogP contribution in [-0.4, -0.2) is 42.5 Å². The Labute approximate surface area is 190 Å². The Bertz CT molecular complexity index is 1150. The van der Waals surface area contributed by atoms with E-state index in [1.54, 1.807) is 13.0 Å². The molecule has 4 rings (SSSR count). The summed E-state index contributed by atoms with van der Waals surface area (Å²) in [6.07, 6.45) is -5.39. The second-order valence-corrected chi connectivity index (χ2v) is 8.49. The van der Waals surface area contributed by atoms with Crippen molar-refractivity contribution in [2.45, 2.75) is 39.2 Å². The molecule has 0 radical (unpaired) electrons. The number of benzene rings is 2. The maximum atomic E-state index is 14.1. The second kappa shape index (κ2) is 9.13. The number of nitrogens with one attached hydrogen (secondary N) is 2. The molecular weight excluding hydrogens is 434 g/mol. The number of alkyl halides is 4. The van der Waals surface area contributed by atoms with Crippen LogP contribution in [0.5, 0.6) is 0 Å². The summed E-state index contributed by atoms with van der Waals surface area (Å²) in [4.78, 5) is 1.99. The van der Waals surface area contributed by atoms with Crippen LogP contribution in [0.25, 0.3) is 10.8 Å². The van der Waals surface area contributed by atoms with Gasteiger partial charge < -0.3 is 15.5 Å². The van der Waals surface area contributed by atoms with Gasteiger partial charge in [-0.25, -0.2) is 4.39 Å². The van der Waals surface area contributed by atoms with E-state index in [9.17, 15) is 17.6 Å². The normalized spacial score (nSPS) is 18.3. The largest absolute Gasteiger partial charge is 0.416 e. The Morgan fingerprint density at radius 2 is 1.91 bits per heavy atom. The lowest BCUT2D eigenvalue weighted by atomic mass is 9.97. The summed E-state index contributed by atoms with van der Waals surface area (Å²) in [6, 6.07) is 9.58. The van der Waals surface area contributed by atoms with Gasteiger partial charge in [0.15, 0.2) is 5.82 Å². The molecule has 2 aromatic carbocycles. The summed E-state index contributed by atoms with van der Waals surface area (Å²) >= 11 is 0. The quantitative estimate of drug-likeness (QED) is 0.524. The van der Waals surface area contributed by atoms with E-state index in [4.69, 9.17) is 0 Å². The van der Waals surface area contributed by atoms with Crippen LogP contribution in [0.15, 0.2) is 36.4 Å². The Morgan fingerprint density at radius 3 is 2.67 bits per heavy atom. The van der Waals surface area contributed by atoms with E-state index in [-0.39, 0.29) is 5.56 Å². The van der Waals surface area contributed by atoms with Crippen LogP contribution in [0, 0.1) is 13.8 Å². The molecule has 2 N–H and O–H groups in total. The molecule has 3 aromatic rings. The lowest BCUT2D eigenvalue weighted by Crippen LogP contribution is -2.30. The van der Waals surface area contributed by atoms with Crippen molar-refractivity contribution in [3.05, 3.63) is 58.8 Å². The summed E-state index contributed by atoms with van der Waals surface area (Å²) in [5, 5.41) is 16.6. The second-order valence-electron chi connectivity index (χ2n) is 8.49. The summed E-state index contributed by atoms with van der Waals surface area (Å²) in [5.41, 5.74) is 1.68. The summed E-state index contributed by atoms with van der Waals surface area (Å²) < 4.78 is 54.2. The SMILES string of the molecule is Cc1c(C(C)Nc2nnc(C)c3ccc(N4CCNC[C@H](F)C4)cc23)cccc1C(F)(F)F. The minimum atomic E-state index is -4.42. The number of hydrogen-bond donors (Lipinski definition) is 2. The fourth-order valence-electron chi connectivity index (χ4n) is 4.39. The molecule has 1 aliphatic heterocycles. The zero-order valence-corrected chi connectivity index (χ0v) is 18.8. The van der Waals surface area contributed by atoms with Crippen molar-refractivity contribution in [3.8, 4) is 0 Å². The predicted octanol–water partition coefficient (Wildman–Crippen LogP) is 5.19. The van der Waals surface area contributed by atoms with Crippen molar-refractivity contribution in [2.75, 3.05) is 36.4 Å². The highest BCUT2D eigenvalue weighted by Gasteiger charge is 2.33. The maximum Gasteiger partial charge on any atom is 0.416 e. The van der Waals surface area contributed by atoms with Gasteiger partial charge in [0.1, 0.15) is 6.17 Å². The molecule has 1 unspecified atom stereocenters. The molecule has 0 amide bonds. The average molecular weight is 462 g/mol. The van der Waals surface area contributed by atoms with Crippen LogP contribution >= 0.6 is 0 Å². The van der Waals surface area contributed by atoms with E-state index >= 15 is 0 Å². The lowest BCUT2D eigenvalue weighted by Gasteiger charge is -2.24. The zero-order chi connectivity index (χ0) is 23.8. The molecule has 9 heteroatoms. The first-order valence-electron chi connectivity index (χ1n) is 10.9. The third-order valence-corrected chi connectivity index (χ3v) is 6.16. The number of aromatic nitrogens is 2. The molecule has 1 fully saturated rings. The molecule has 0 saturated carbocycles. The minimum Gasteiger partial charge on any atom is -0.367 e. The Balaban J connectivity index is 1.70. The molecule has 0 spiro atoms. The smallest absolute Gasteiger partial charge is 0.367 e. The highest BCUT2D eigenvalue weighted by molar-refractivity contribution is 5.95. The van der Waals surface area contributed by atoms with E-state index in [1.165, 1.54) is 13.0 Å². The number of fused-ring (bicyclic) bond motifs is 1. The molecule has 1 saturated heterocycles. The van der Waals surface area contributed by atoms with Gasteiger partial charge in [-0.3, -0.25) is 0 Å². The number of rotatable bonds is 4. The van der Waals surface area contributed by atoms with Crippen LogP contribution in [0.2, 0.25) is 0 Å². The zero-order valence-electron chi connectivity index (χ0n) is 18.8. The van der Waals surface area contributed by atoms with Gasteiger partial charge in [0, 0.05) is 36.1 Å². The molecule has 2 heterocycles.